The van der Waals surface area contributed by atoms with Gasteiger partial charge in [0.2, 0.25) is 0 Å². The van der Waals surface area contributed by atoms with Crippen molar-refractivity contribution in [3.8, 4) is 0 Å². The first-order valence-corrected chi connectivity index (χ1v) is 10.6. The van der Waals surface area contributed by atoms with Crippen molar-refractivity contribution < 1.29 is 19.4 Å². The van der Waals surface area contributed by atoms with E-state index in [4.69, 9.17) is 9.84 Å². The van der Waals surface area contributed by atoms with Gasteiger partial charge >= 0.3 is 11.9 Å². The number of ether oxygens (including phenoxy) is 1. The van der Waals surface area contributed by atoms with Crippen molar-refractivity contribution >= 4 is 11.9 Å². The highest BCUT2D eigenvalue weighted by molar-refractivity contribution is 5.79. The molecule has 0 amide bonds. The smallest absolute Gasteiger partial charge is 0.310 e. The van der Waals surface area contributed by atoms with Crippen molar-refractivity contribution in [2.75, 3.05) is 19.7 Å². The fraction of sp³-hybridized carbons (Fsp3) is 0.905. The van der Waals surface area contributed by atoms with Gasteiger partial charge in [0, 0.05) is 6.54 Å². The fourth-order valence-electron chi connectivity index (χ4n) is 3.07. The van der Waals surface area contributed by atoms with Crippen LogP contribution in [0.1, 0.15) is 85.5 Å². The largest absolute Gasteiger partial charge is 0.481 e. The van der Waals surface area contributed by atoms with Gasteiger partial charge in [-0.05, 0) is 31.2 Å². The number of esters is 1. The summed E-state index contributed by atoms with van der Waals surface area (Å²) in [6.07, 6.45) is 8.77. The molecule has 2 N–H and O–H groups in total. The van der Waals surface area contributed by atoms with Gasteiger partial charge in [-0.1, -0.05) is 66.2 Å². The SMILES string of the molecule is CCCCC(CC)CNCC(CC(=O)O)C(=O)OCC(CC)CCCC. The zero-order valence-electron chi connectivity index (χ0n) is 17.4. The lowest BCUT2D eigenvalue weighted by Crippen LogP contribution is -2.34. The third kappa shape index (κ3) is 12.3. The summed E-state index contributed by atoms with van der Waals surface area (Å²) in [5.41, 5.74) is 0. The van der Waals surface area contributed by atoms with Gasteiger partial charge in [0.25, 0.3) is 0 Å². The van der Waals surface area contributed by atoms with Crippen LogP contribution < -0.4 is 5.32 Å². The van der Waals surface area contributed by atoms with Crippen molar-refractivity contribution in [2.24, 2.45) is 17.8 Å². The van der Waals surface area contributed by atoms with Crippen LogP contribution in [0.25, 0.3) is 0 Å². The number of carboxylic acid groups (broad SMARTS) is 1. The lowest BCUT2D eigenvalue weighted by Gasteiger charge is -2.20. The number of carbonyl (C=O) groups excluding carboxylic acids is 1. The molecular weight excluding hydrogens is 330 g/mol. The Labute approximate surface area is 160 Å². The van der Waals surface area contributed by atoms with E-state index in [1.165, 1.54) is 19.3 Å². The van der Waals surface area contributed by atoms with Crippen LogP contribution in [0.5, 0.6) is 0 Å². The number of hydrogen-bond donors (Lipinski definition) is 2. The van der Waals surface area contributed by atoms with E-state index in [1.807, 2.05) is 0 Å². The number of rotatable bonds is 17. The molecule has 154 valence electrons. The van der Waals surface area contributed by atoms with Crippen molar-refractivity contribution in [3.05, 3.63) is 0 Å². The van der Waals surface area contributed by atoms with Crippen LogP contribution in [0.4, 0.5) is 0 Å². The maximum atomic E-state index is 12.4. The van der Waals surface area contributed by atoms with E-state index >= 15 is 0 Å². The molecule has 0 radical (unpaired) electrons. The number of carbonyl (C=O) groups is 2. The molecule has 0 aliphatic rings. The Hall–Kier alpha value is -1.10. The predicted octanol–water partition coefficient (Wildman–Crippen LogP) is 4.64. The summed E-state index contributed by atoms with van der Waals surface area (Å²) >= 11 is 0. The third-order valence-corrected chi connectivity index (χ3v) is 5.13. The second-order valence-electron chi connectivity index (χ2n) is 7.42. The van der Waals surface area contributed by atoms with Crippen LogP contribution in [-0.4, -0.2) is 36.7 Å². The number of aliphatic carboxylic acids is 1. The molecule has 0 aromatic rings. The van der Waals surface area contributed by atoms with E-state index in [-0.39, 0.29) is 12.4 Å². The monoisotopic (exact) mass is 371 g/mol. The molecule has 0 rings (SSSR count). The van der Waals surface area contributed by atoms with E-state index in [2.05, 4.69) is 33.0 Å². The van der Waals surface area contributed by atoms with Gasteiger partial charge in [-0.2, -0.15) is 0 Å². The highest BCUT2D eigenvalue weighted by atomic mass is 16.5. The van der Waals surface area contributed by atoms with E-state index in [0.717, 1.165) is 38.6 Å². The number of carboxylic acids is 1. The van der Waals surface area contributed by atoms with E-state index in [0.29, 0.717) is 25.0 Å². The molecule has 0 saturated heterocycles. The molecule has 0 aromatic heterocycles. The van der Waals surface area contributed by atoms with E-state index in [1.54, 1.807) is 0 Å². The molecule has 0 saturated carbocycles. The highest BCUT2D eigenvalue weighted by Gasteiger charge is 2.24. The minimum absolute atomic E-state index is 0.177. The summed E-state index contributed by atoms with van der Waals surface area (Å²) in [5.74, 6) is -0.994. The maximum Gasteiger partial charge on any atom is 0.310 e. The summed E-state index contributed by atoms with van der Waals surface area (Å²) in [5, 5.41) is 12.4. The quantitative estimate of drug-likeness (QED) is 0.364. The van der Waals surface area contributed by atoms with Gasteiger partial charge < -0.3 is 15.2 Å². The Morgan fingerprint density at radius 1 is 0.923 bits per heavy atom. The summed E-state index contributed by atoms with van der Waals surface area (Å²) in [6.45, 7) is 10.2. The Morgan fingerprint density at radius 3 is 2.00 bits per heavy atom. The van der Waals surface area contributed by atoms with Crippen molar-refractivity contribution in [1.82, 2.24) is 5.32 Å². The Bertz CT molecular complexity index is 373. The average molecular weight is 372 g/mol. The molecule has 5 nitrogen and oxygen atoms in total. The first-order valence-electron chi connectivity index (χ1n) is 10.6. The molecule has 0 bridgehead atoms. The topological polar surface area (TPSA) is 75.6 Å². The summed E-state index contributed by atoms with van der Waals surface area (Å²) in [7, 11) is 0. The van der Waals surface area contributed by atoms with E-state index < -0.39 is 11.9 Å². The third-order valence-electron chi connectivity index (χ3n) is 5.13. The predicted molar refractivity (Wildman–Crippen MR) is 106 cm³/mol. The van der Waals surface area contributed by atoms with Crippen molar-refractivity contribution in [1.29, 1.82) is 0 Å². The van der Waals surface area contributed by atoms with Gasteiger partial charge in [-0.15, -0.1) is 0 Å². The first-order chi connectivity index (χ1) is 12.5. The molecule has 3 unspecified atom stereocenters. The number of nitrogens with one attached hydrogen (secondary N) is 1. The summed E-state index contributed by atoms with van der Waals surface area (Å²) in [4.78, 5) is 23.5. The molecule has 0 aromatic carbocycles. The standard InChI is InChI=1S/C21H41NO4/c1-5-9-11-17(7-3)14-22-15-19(13-20(23)24)21(25)26-16-18(8-4)12-10-6-2/h17-19,22H,5-16H2,1-4H3,(H,23,24). The second kappa shape index (κ2) is 16.1. The van der Waals surface area contributed by atoms with Gasteiger partial charge in [0.1, 0.15) is 0 Å². The molecule has 0 heterocycles. The molecule has 5 heteroatoms. The zero-order chi connectivity index (χ0) is 19.8. The number of unbranched alkanes of at least 4 members (excludes halogenated alkanes) is 2. The van der Waals surface area contributed by atoms with Crippen LogP contribution in [0.2, 0.25) is 0 Å². The molecule has 26 heavy (non-hydrogen) atoms. The summed E-state index contributed by atoms with van der Waals surface area (Å²) < 4.78 is 5.46. The van der Waals surface area contributed by atoms with Crippen LogP contribution in [0, 0.1) is 17.8 Å². The Balaban J connectivity index is 4.43. The van der Waals surface area contributed by atoms with Gasteiger partial charge in [-0.3, -0.25) is 9.59 Å². The zero-order valence-corrected chi connectivity index (χ0v) is 17.4. The Kier molecular flexibility index (Phi) is 15.4. The van der Waals surface area contributed by atoms with Crippen molar-refractivity contribution in [2.45, 2.75) is 85.5 Å². The molecule has 3 atom stereocenters. The molecule has 0 fully saturated rings. The average Bonchev–Trinajstić information content (AvgIpc) is 2.63. The molecular formula is C21H41NO4. The van der Waals surface area contributed by atoms with Gasteiger partial charge in [0.15, 0.2) is 0 Å². The van der Waals surface area contributed by atoms with Gasteiger partial charge in [-0.25, -0.2) is 0 Å². The molecule has 0 aliphatic carbocycles. The summed E-state index contributed by atoms with van der Waals surface area (Å²) in [6, 6.07) is 0. The van der Waals surface area contributed by atoms with Crippen LogP contribution >= 0.6 is 0 Å². The molecule has 0 spiro atoms. The minimum atomic E-state index is -0.954. The normalized spacial score (nSPS) is 14.6. The Morgan fingerprint density at radius 2 is 1.50 bits per heavy atom. The second-order valence-corrected chi connectivity index (χ2v) is 7.42. The van der Waals surface area contributed by atoms with Crippen LogP contribution in [0.3, 0.4) is 0 Å². The highest BCUT2D eigenvalue weighted by Crippen LogP contribution is 2.15. The van der Waals surface area contributed by atoms with E-state index in [9.17, 15) is 9.59 Å². The maximum absolute atomic E-state index is 12.4. The van der Waals surface area contributed by atoms with Crippen LogP contribution in [0.15, 0.2) is 0 Å². The molecule has 0 aliphatic heterocycles. The number of hydrogen-bond acceptors (Lipinski definition) is 4. The van der Waals surface area contributed by atoms with Crippen LogP contribution in [-0.2, 0) is 14.3 Å². The van der Waals surface area contributed by atoms with Crippen molar-refractivity contribution in [3.63, 3.8) is 0 Å². The fourth-order valence-corrected chi connectivity index (χ4v) is 3.07. The van der Waals surface area contributed by atoms with Gasteiger partial charge in [0.05, 0.1) is 18.9 Å². The lowest BCUT2D eigenvalue weighted by molar-refractivity contribution is -0.154. The lowest BCUT2D eigenvalue weighted by atomic mass is 9.98. The minimum Gasteiger partial charge on any atom is -0.481 e. The first kappa shape index (κ1) is 24.9.